The maximum Gasteiger partial charge on any atom is 0.0226 e. The molecule has 0 rings (SSSR count). The maximum absolute atomic E-state index is 5.77. The second-order valence-corrected chi connectivity index (χ2v) is 3.83. The minimum Gasteiger partial charge on any atom is -0.324 e. The van der Waals surface area contributed by atoms with Gasteiger partial charge in [-0.05, 0) is 25.7 Å². The number of hydrogen-bond acceptors (Lipinski definition) is 1. The summed E-state index contributed by atoms with van der Waals surface area (Å²) in [5.74, 6) is 0.517. The fraction of sp³-hybridized carbons (Fsp3) is 0.538. The second-order valence-electron chi connectivity index (χ2n) is 3.83. The molecule has 0 bridgehead atoms. The third-order valence-electron chi connectivity index (χ3n) is 2.16. The summed E-state index contributed by atoms with van der Waals surface area (Å²) in [6.45, 7) is 10.1. The van der Waals surface area contributed by atoms with Crippen LogP contribution in [0.5, 0.6) is 0 Å². The predicted octanol–water partition coefficient (Wildman–Crippen LogP) is 3.44. The lowest BCUT2D eigenvalue weighted by atomic mass is 10.0. The van der Waals surface area contributed by atoms with Crippen LogP contribution < -0.4 is 5.73 Å². The van der Waals surface area contributed by atoms with E-state index in [1.54, 1.807) is 6.08 Å². The molecule has 0 spiro atoms. The van der Waals surface area contributed by atoms with Crippen LogP contribution in [0.4, 0.5) is 0 Å². The van der Waals surface area contributed by atoms with Gasteiger partial charge in [0, 0.05) is 6.04 Å². The highest BCUT2D eigenvalue weighted by atomic mass is 14.6. The zero-order chi connectivity index (χ0) is 11.0. The van der Waals surface area contributed by atoms with E-state index in [0.29, 0.717) is 5.92 Å². The molecule has 1 nitrogen and oxygen atoms in total. The van der Waals surface area contributed by atoms with E-state index in [0.717, 1.165) is 12.8 Å². The van der Waals surface area contributed by atoms with Crippen LogP contribution in [-0.4, -0.2) is 6.04 Å². The summed E-state index contributed by atoms with van der Waals surface area (Å²) in [6, 6.07) is 0.116. The zero-order valence-electron chi connectivity index (χ0n) is 9.66. The molecular formula is C13H23N. The topological polar surface area (TPSA) is 26.0 Å². The summed E-state index contributed by atoms with van der Waals surface area (Å²) < 4.78 is 0. The first kappa shape index (κ1) is 13.2. The Bertz CT molecular complexity index is 213. The molecule has 2 N–H and O–H groups in total. The summed E-state index contributed by atoms with van der Waals surface area (Å²) in [5.41, 5.74) is 7.10. The molecule has 0 aliphatic carbocycles. The molecule has 0 aromatic heterocycles. The highest BCUT2D eigenvalue weighted by Gasteiger charge is 2.01. The first-order chi connectivity index (χ1) is 6.60. The van der Waals surface area contributed by atoms with Crippen LogP contribution in [0, 0.1) is 5.92 Å². The van der Waals surface area contributed by atoms with E-state index in [2.05, 4.69) is 45.6 Å². The second kappa shape index (κ2) is 7.57. The highest BCUT2D eigenvalue weighted by molar-refractivity contribution is 5.16. The Morgan fingerprint density at radius 2 is 2.14 bits per heavy atom. The van der Waals surface area contributed by atoms with Gasteiger partial charge in [-0.15, -0.1) is 6.58 Å². The van der Waals surface area contributed by atoms with E-state index >= 15 is 0 Å². The van der Waals surface area contributed by atoms with E-state index in [-0.39, 0.29) is 6.04 Å². The van der Waals surface area contributed by atoms with Gasteiger partial charge in [-0.25, -0.2) is 0 Å². The lowest BCUT2D eigenvalue weighted by Crippen LogP contribution is -2.18. The van der Waals surface area contributed by atoms with Crippen LogP contribution in [0.3, 0.4) is 0 Å². The van der Waals surface area contributed by atoms with Crippen molar-refractivity contribution in [1.29, 1.82) is 0 Å². The SMILES string of the molecule is C=CC(N)CC(C)/C=C\C(C)=C/CC. The number of hydrogen-bond donors (Lipinski definition) is 1. The molecule has 0 aliphatic rings. The van der Waals surface area contributed by atoms with Crippen molar-refractivity contribution in [2.75, 3.05) is 0 Å². The molecular weight excluding hydrogens is 170 g/mol. The normalized spacial score (nSPS) is 17.0. The van der Waals surface area contributed by atoms with Crippen LogP contribution in [0.15, 0.2) is 36.5 Å². The molecule has 0 saturated heterocycles. The van der Waals surface area contributed by atoms with Crippen molar-refractivity contribution in [1.82, 2.24) is 0 Å². The van der Waals surface area contributed by atoms with Gasteiger partial charge in [0.05, 0.1) is 0 Å². The van der Waals surface area contributed by atoms with Crippen molar-refractivity contribution in [3.8, 4) is 0 Å². The summed E-state index contributed by atoms with van der Waals surface area (Å²) in [4.78, 5) is 0. The predicted molar refractivity (Wildman–Crippen MR) is 65.1 cm³/mol. The first-order valence-electron chi connectivity index (χ1n) is 5.33. The minimum absolute atomic E-state index is 0.116. The lowest BCUT2D eigenvalue weighted by molar-refractivity contribution is 0.595. The maximum atomic E-state index is 5.77. The average molecular weight is 193 g/mol. The van der Waals surface area contributed by atoms with Crippen LogP contribution >= 0.6 is 0 Å². The van der Waals surface area contributed by atoms with Crippen LogP contribution in [0.2, 0.25) is 0 Å². The Morgan fingerprint density at radius 1 is 1.50 bits per heavy atom. The van der Waals surface area contributed by atoms with Crippen LogP contribution in [0.1, 0.15) is 33.6 Å². The summed E-state index contributed by atoms with van der Waals surface area (Å²) in [5, 5.41) is 0. The molecule has 0 radical (unpaired) electrons. The largest absolute Gasteiger partial charge is 0.324 e. The van der Waals surface area contributed by atoms with Gasteiger partial charge >= 0.3 is 0 Å². The molecule has 80 valence electrons. The van der Waals surface area contributed by atoms with Crippen molar-refractivity contribution in [2.45, 2.75) is 39.7 Å². The summed E-state index contributed by atoms with van der Waals surface area (Å²) in [6.07, 6.45) is 10.5. The number of allylic oxidation sites excluding steroid dienone is 4. The fourth-order valence-electron chi connectivity index (χ4n) is 1.31. The van der Waals surface area contributed by atoms with Gasteiger partial charge in [0.15, 0.2) is 0 Å². The third kappa shape index (κ3) is 6.67. The lowest BCUT2D eigenvalue weighted by Gasteiger charge is -2.09. The molecule has 0 amide bonds. The smallest absolute Gasteiger partial charge is 0.0226 e. The minimum atomic E-state index is 0.116. The molecule has 1 heteroatoms. The van der Waals surface area contributed by atoms with Gasteiger partial charge in [-0.1, -0.05) is 43.7 Å². The van der Waals surface area contributed by atoms with Crippen LogP contribution in [-0.2, 0) is 0 Å². The Morgan fingerprint density at radius 3 is 2.64 bits per heavy atom. The van der Waals surface area contributed by atoms with E-state index in [4.69, 9.17) is 5.73 Å². The Balaban J connectivity index is 3.98. The Kier molecular flexibility index (Phi) is 7.13. The first-order valence-corrected chi connectivity index (χ1v) is 5.33. The van der Waals surface area contributed by atoms with E-state index < -0.39 is 0 Å². The summed E-state index contributed by atoms with van der Waals surface area (Å²) >= 11 is 0. The molecule has 2 unspecified atom stereocenters. The van der Waals surface area contributed by atoms with Crippen molar-refractivity contribution in [2.24, 2.45) is 11.7 Å². The van der Waals surface area contributed by atoms with Crippen molar-refractivity contribution >= 4 is 0 Å². The van der Waals surface area contributed by atoms with Gasteiger partial charge in [0.25, 0.3) is 0 Å². The van der Waals surface area contributed by atoms with Gasteiger partial charge in [-0.2, -0.15) is 0 Å². The molecule has 0 saturated carbocycles. The molecule has 0 fully saturated rings. The third-order valence-corrected chi connectivity index (χ3v) is 2.16. The molecule has 0 heterocycles. The molecule has 14 heavy (non-hydrogen) atoms. The van der Waals surface area contributed by atoms with Gasteiger partial charge in [0.2, 0.25) is 0 Å². The van der Waals surface area contributed by atoms with Gasteiger partial charge in [0.1, 0.15) is 0 Å². The van der Waals surface area contributed by atoms with E-state index in [1.165, 1.54) is 5.57 Å². The number of rotatable bonds is 6. The number of nitrogens with two attached hydrogens (primary N) is 1. The molecule has 0 aromatic rings. The zero-order valence-corrected chi connectivity index (χ0v) is 9.66. The Hall–Kier alpha value is -0.820. The highest BCUT2D eigenvalue weighted by Crippen LogP contribution is 2.09. The van der Waals surface area contributed by atoms with Crippen molar-refractivity contribution in [3.63, 3.8) is 0 Å². The quantitative estimate of drug-likeness (QED) is 0.507. The standard InChI is InChI=1S/C13H23N/c1-5-7-11(3)8-9-12(4)10-13(14)6-2/h6-9,12-13H,2,5,10,14H2,1,3-4H3/b9-8-,11-7-. The van der Waals surface area contributed by atoms with E-state index in [1.807, 2.05) is 0 Å². The summed E-state index contributed by atoms with van der Waals surface area (Å²) in [7, 11) is 0. The van der Waals surface area contributed by atoms with Crippen molar-refractivity contribution < 1.29 is 0 Å². The molecule has 2 atom stereocenters. The molecule has 0 aliphatic heterocycles. The fourth-order valence-corrected chi connectivity index (χ4v) is 1.31. The average Bonchev–Trinajstić information content (AvgIpc) is 2.15. The molecule has 0 aromatic carbocycles. The van der Waals surface area contributed by atoms with E-state index in [9.17, 15) is 0 Å². The van der Waals surface area contributed by atoms with Gasteiger partial charge in [-0.3, -0.25) is 0 Å². The van der Waals surface area contributed by atoms with Crippen molar-refractivity contribution in [3.05, 3.63) is 36.5 Å². The van der Waals surface area contributed by atoms with Gasteiger partial charge < -0.3 is 5.73 Å². The monoisotopic (exact) mass is 193 g/mol. The van der Waals surface area contributed by atoms with Crippen LogP contribution in [0.25, 0.3) is 0 Å². The Labute approximate surface area is 88.4 Å².